The summed E-state index contributed by atoms with van der Waals surface area (Å²) >= 11 is 0. The highest BCUT2D eigenvalue weighted by Crippen LogP contribution is 2.65. The summed E-state index contributed by atoms with van der Waals surface area (Å²) in [6, 6.07) is 4.45. The minimum Gasteiger partial charge on any atom is -0.391 e. The number of rotatable bonds is 3. The van der Waals surface area contributed by atoms with Crippen LogP contribution < -0.4 is 5.32 Å². The van der Waals surface area contributed by atoms with Crippen LogP contribution in [0.5, 0.6) is 0 Å². The smallest absolute Gasteiger partial charge is 0.0754 e. The van der Waals surface area contributed by atoms with Crippen molar-refractivity contribution in [2.75, 3.05) is 0 Å². The summed E-state index contributed by atoms with van der Waals surface area (Å²) in [5.41, 5.74) is 1.58. The Hall–Kier alpha value is -0.800. The number of hydrogen-bond acceptors (Lipinski definition) is 2. The van der Waals surface area contributed by atoms with E-state index in [2.05, 4.69) is 56.0 Å². The molecule has 3 heteroatoms. The third-order valence-corrected chi connectivity index (χ3v) is 6.37. The van der Waals surface area contributed by atoms with Gasteiger partial charge in [0.2, 0.25) is 0 Å². The molecule has 0 amide bonds. The van der Waals surface area contributed by atoms with E-state index in [-0.39, 0.29) is 23.0 Å². The van der Waals surface area contributed by atoms with Crippen LogP contribution in [-0.2, 0) is 13.6 Å². The predicted octanol–water partition coefficient (Wildman–Crippen LogP) is 2.30. The Kier molecular flexibility index (Phi) is 2.84. The molecule has 4 atom stereocenters. The number of aromatic nitrogens is 1. The van der Waals surface area contributed by atoms with Gasteiger partial charge in [0.05, 0.1) is 6.10 Å². The first kappa shape index (κ1) is 13.2. The van der Waals surface area contributed by atoms with Gasteiger partial charge in [-0.25, -0.2) is 0 Å². The molecule has 0 spiro atoms. The zero-order valence-corrected chi connectivity index (χ0v) is 12.5. The first-order valence-electron chi connectivity index (χ1n) is 7.39. The molecular weight excluding hydrogens is 236 g/mol. The van der Waals surface area contributed by atoms with Crippen molar-refractivity contribution in [2.45, 2.75) is 52.3 Å². The first-order valence-corrected chi connectivity index (χ1v) is 7.39. The van der Waals surface area contributed by atoms with E-state index >= 15 is 0 Å². The molecule has 19 heavy (non-hydrogen) atoms. The molecule has 0 unspecified atom stereocenters. The zero-order valence-electron chi connectivity index (χ0n) is 12.5. The Morgan fingerprint density at radius 1 is 1.42 bits per heavy atom. The quantitative estimate of drug-likeness (QED) is 0.877. The zero-order chi connectivity index (χ0) is 13.8. The van der Waals surface area contributed by atoms with Crippen LogP contribution in [0.1, 0.15) is 39.3 Å². The molecule has 106 valence electrons. The van der Waals surface area contributed by atoms with E-state index in [1.54, 1.807) is 0 Å². The van der Waals surface area contributed by atoms with Crippen LogP contribution in [0.3, 0.4) is 0 Å². The van der Waals surface area contributed by atoms with E-state index in [0.717, 1.165) is 13.0 Å². The van der Waals surface area contributed by atoms with Gasteiger partial charge in [-0.3, -0.25) is 0 Å². The van der Waals surface area contributed by atoms with Crippen molar-refractivity contribution in [2.24, 2.45) is 23.8 Å². The number of hydrogen-bond donors (Lipinski definition) is 2. The lowest BCUT2D eigenvalue weighted by molar-refractivity contribution is -0.000253. The van der Waals surface area contributed by atoms with Crippen LogP contribution in [0.15, 0.2) is 18.3 Å². The van der Waals surface area contributed by atoms with Crippen molar-refractivity contribution >= 4 is 0 Å². The maximum Gasteiger partial charge on any atom is 0.0754 e. The van der Waals surface area contributed by atoms with Gasteiger partial charge in [0.1, 0.15) is 0 Å². The topological polar surface area (TPSA) is 37.2 Å². The third kappa shape index (κ3) is 1.64. The molecule has 3 nitrogen and oxygen atoms in total. The fourth-order valence-corrected chi connectivity index (χ4v) is 4.49. The number of nitrogens with one attached hydrogen (secondary N) is 1. The van der Waals surface area contributed by atoms with Crippen LogP contribution >= 0.6 is 0 Å². The summed E-state index contributed by atoms with van der Waals surface area (Å²) in [5.74, 6) is 0.591. The number of aliphatic hydroxyl groups excluding tert-OH is 1. The van der Waals surface area contributed by atoms with Crippen LogP contribution in [0, 0.1) is 16.7 Å². The SMILES string of the molecule is Cn1cccc1CN[C@H]1[C@H]2CC[C@@](C)([C@H]1O)C2(C)C. The number of aryl methyl sites for hydroxylation is 1. The van der Waals surface area contributed by atoms with E-state index in [0.29, 0.717) is 5.92 Å². The molecule has 2 aliphatic rings. The average molecular weight is 262 g/mol. The molecule has 0 aliphatic heterocycles. The first-order chi connectivity index (χ1) is 8.88. The van der Waals surface area contributed by atoms with E-state index in [4.69, 9.17) is 0 Å². The van der Waals surface area contributed by atoms with Crippen LogP contribution in [0.25, 0.3) is 0 Å². The molecule has 2 fully saturated rings. The Balaban J connectivity index is 1.75. The molecular formula is C16H26N2O. The Morgan fingerprint density at radius 2 is 2.16 bits per heavy atom. The molecule has 1 aromatic rings. The normalized spacial score (nSPS) is 39.9. The van der Waals surface area contributed by atoms with Crippen molar-refractivity contribution in [3.63, 3.8) is 0 Å². The molecule has 2 saturated carbocycles. The minimum absolute atomic E-state index is 0.0730. The predicted molar refractivity (Wildman–Crippen MR) is 76.7 cm³/mol. The van der Waals surface area contributed by atoms with Gasteiger partial charge in [0, 0.05) is 36.9 Å². The lowest BCUT2D eigenvalue weighted by atomic mass is 9.70. The highest BCUT2D eigenvalue weighted by molar-refractivity contribution is 5.17. The second-order valence-electron chi connectivity index (χ2n) is 7.25. The number of fused-ring (bicyclic) bond motifs is 2. The van der Waals surface area contributed by atoms with Crippen molar-refractivity contribution < 1.29 is 5.11 Å². The molecule has 0 radical (unpaired) electrons. The molecule has 3 rings (SSSR count). The van der Waals surface area contributed by atoms with Gasteiger partial charge < -0.3 is 15.0 Å². The average Bonchev–Trinajstić information content (AvgIpc) is 2.89. The highest BCUT2D eigenvalue weighted by Gasteiger charge is 2.65. The summed E-state index contributed by atoms with van der Waals surface area (Å²) in [5, 5.41) is 14.3. The van der Waals surface area contributed by atoms with E-state index in [1.807, 2.05) is 0 Å². The van der Waals surface area contributed by atoms with Crippen LogP contribution in [-0.4, -0.2) is 21.8 Å². The monoisotopic (exact) mass is 262 g/mol. The number of nitrogens with zero attached hydrogens (tertiary/aromatic N) is 1. The van der Waals surface area contributed by atoms with Crippen molar-refractivity contribution in [3.05, 3.63) is 24.0 Å². The summed E-state index contributed by atoms with van der Waals surface area (Å²) in [7, 11) is 2.07. The molecule has 0 saturated heterocycles. The van der Waals surface area contributed by atoms with Crippen LogP contribution in [0.4, 0.5) is 0 Å². The van der Waals surface area contributed by atoms with Crippen molar-refractivity contribution in [3.8, 4) is 0 Å². The van der Waals surface area contributed by atoms with Crippen molar-refractivity contribution in [1.82, 2.24) is 9.88 Å². The standard InChI is InChI=1S/C16H26N2O/c1-15(2)12-7-8-16(15,3)14(19)13(12)17-10-11-6-5-9-18(11)4/h5-6,9,12-14,17,19H,7-8,10H2,1-4H3/t12-,13+,14+,16+/m1/s1. The van der Waals surface area contributed by atoms with E-state index in [1.165, 1.54) is 12.1 Å². The molecule has 1 heterocycles. The van der Waals surface area contributed by atoms with Gasteiger partial charge in [-0.1, -0.05) is 20.8 Å². The maximum absolute atomic E-state index is 10.7. The van der Waals surface area contributed by atoms with E-state index in [9.17, 15) is 5.11 Å². The molecule has 2 bridgehead atoms. The fraction of sp³-hybridized carbons (Fsp3) is 0.750. The maximum atomic E-state index is 10.7. The van der Waals surface area contributed by atoms with Crippen LogP contribution in [0.2, 0.25) is 0 Å². The summed E-state index contributed by atoms with van der Waals surface area (Å²) in [6.07, 6.45) is 4.25. The molecule has 2 aliphatic carbocycles. The van der Waals surface area contributed by atoms with Gasteiger partial charge in [-0.2, -0.15) is 0 Å². The largest absolute Gasteiger partial charge is 0.391 e. The Bertz CT molecular complexity index is 479. The summed E-state index contributed by atoms with van der Waals surface area (Å²) in [6.45, 7) is 7.77. The summed E-state index contributed by atoms with van der Waals surface area (Å²) < 4.78 is 2.14. The van der Waals surface area contributed by atoms with Crippen molar-refractivity contribution in [1.29, 1.82) is 0 Å². The second-order valence-corrected chi connectivity index (χ2v) is 7.25. The van der Waals surface area contributed by atoms with Gasteiger partial charge in [-0.05, 0) is 36.3 Å². The van der Waals surface area contributed by atoms with E-state index < -0.39 is 0 Å². The molecule has 2 N–H and O–H groups in total. The third-order valence-electron chi connectivity index (χ3n) is 6.37. The lowest BCUT2D eigenvalue weighted by Gasteiger charge is -2.37. The van der Waals surface area contributed by atoms with Gasteiger partial charge >= 0.3 is 0 Å². The lowest BCUT2D eigenvalue weighted by Crippen LogP contribution is -2.46. The molecule has 1 aromatic heterocycles. The highest BCUT2D eigenvalue weighted by atomic mass is 16.3. The van der Waals surface area contributed by atoms with Gasteiger partial charge in [0.15, 0.2) is 0 Å². The second kappa shape index (κ2) is 4.10. The Labute approximate surface area is 116 Å². The summed E-state index contributed by atoms with van der Waals surface area (Å²) in [4.78, 5) is 0. The number of aliphatic hydroxyl groups is 1. The Morgan fingerprint density at radius 3 is 2.68 bits per heavy atom. The minimum atomic E-state index is -0.221. The van der Waals surface area contributed by atoms with Gasteiger partial charge in [-0.15, -0.1) is 0 Å². The fourth-order valence-electron chi connectivity index (χ4n) is 4.49. The van der Waals surface area contributed by atoms with Gasteiger partial charge in [0.25, 0.3) is 0 Å². The molecule has 0 aromatic carbocycles.